The molecular formula is C14H21BrN3O2S+. The molecule has 1 atom stereocenters. The largest absolute Gasteiger partial charge is 0.358 e. The van der Waals surface area contributed by atoms with E-state index in [9.17, 15) is 9.59 Å². The Morgan fingerprint density at radius 1 is 1.52 bits per heavy atom. The fourth-order valence-electron chi connectivity index (χ4n) is 1.84. The van der Waals surface area contributed by atoms with Crippen LogP contribution in [0.15, 0.2) is 28.6 Å². The second-order valence-corrected chi connectivity index (χ2v) is 7.27. The van der Waals surface area contributed by atoms with E-state index >= 15 is 0 Å². The van der Waals surface area contributed by atoms with Crippen LogP contribution in [0.5, 0.6) is 0 Å². The number of likely N-dealkylation sites (N-methyl/N-ethyl adjacent to an activating group) is 2. The van der Waals surface area contributed by atoms with E-state index in [1.807, 2.05) is 12.1 Å². The molecule has 0 saturated carbocycles. The van der Waals surface area contributed by atoms with Crippen LogP contribution >= 0.6 is 27.3 Å². The Morgan fingerprint density at radius 2 is 2.24 bits per heavy atom. The summed E-state index contributed by atoms with van der Waals surface area (Å²) in [7, 11) is 3.20. The molecule has 5 nitrogen and oxygen atoms in total. The highest BCUT2D eigenvalue weighted by molar-refractivity contribution is 9.11. The number of quaternary nitrogens is 1. The van der Waals surface area contributed by atoms with E-state index < -0.39 is 0 Å². The number of hydrogen-bond acceptors (Lipinski definition) is 3. The van der Waals surface area contributed by atoms with Gasteiger partial charge >= 0.3 is 0 Å². The zero-order valence-electron chi connectivity index (χ0n) is 12.3. The lowest BCUT2D eigenvalue weighted by atomic mass is 10.3. The van der Waals surface area contributed by atoms with Gasteiger partial charge in [-0.1, -0.05) is 6.58 Å². The average Bonchev–Trinajstić information content (AvgIpc) is 2.84. The number of rotatable bonds is 8. The Morgan fingerprint density at radius 3 is 2.76 bits per heavy atom. The highest BCUT2D eigenvalue weighted by Gasteiger charge is 2.19. The van der Waals surface area contributed by atoms with Crippen molar-refractivity contribution in [2.45, 2.75) is 6.54 Å². The number of amides is 2. The molecule has 0 radical (unpaired) electrons. The first-order chi connectivity index (χ1) is 9.96. The first-order valence-corrected chi connectivity index (χ1v) is 8.20. The topological polar surface area (TPSA) is 53.9 Å². The summed E-state index contributed by atoms with van der Waals surface area (Å²) in [5.41, 5.74) is 0. The van der Waals surface area contributed by atoms with Gasteiger partial charge in [0.15, 0.2) is 6.54 Å². The van der Waals surface area contributed by atoms with Crippen molar-refractivity contribution in [2.24, 2.45) is 0 Å². The molecule has 0 fully saturated rings. The van der Waals surface area contributed by atoms with Gasteiger partial charge in [-0.2, -0.15) is 0 Å². The number of halogens is 1. The van der Waals surface area contributed by atoms with Crippen LogP contribution in [0.2, 0.25) is 0 Å². The van der Waals surface area contributed by atoms with E-state index in [4.69, 9.17) is 0 Å². The highest BCUT2D eigenvalue weighted by atomic mass is 79.9. The second kappa shape index (κ2) is 8.96. The molecule has 0 aromatic carbocycles. The molecule has 1 aromatic heterocycles. The quantitative estimate of drug-likeness (QED) is 0.642. The molecule has 21 heavy (non-hydrogen) atoms. The molecule has 1 unspecified atom stereocenters. The molecule has 0 bridgehead atoms. The van der Waals surface area contributed by atoms with Crippen LogP contribution in [0.25, 0.3) is 0 Å². The van der Waals surface area contributed by atoms with Gasteiger partial charge in [0.05, 0.1) is 21.8 Å². The van der Waals surface area contributed by atoms with Gasteiger partial charge < -0.3 is 15.1 Å². The van der Waals surface area contributed by atoms with Crippen molar-refractivity contribution in [2.75, 3.05) is 33.7 Å². The van der Waals surface area contributed by atoms with Crippen molar-refractivity contribution in [1.82, 2.24) is 10.2 Å². The summed E-state index contributed by atoms with van der Waals surface area (Å²) >= 11 is 5.10. The SMILES string of the molecule is C=CC[NH+](CC(=O)N(C)CC(=O)NC)Cc1ccc(Br)s1. The highest BCUT2D eigenvalue weighted by Crippen LogP contribution is 2.21. The third-order valence-corrected chi connectivity index (χ3v) is 4.60. The van der Waals surface area contributed by atoms with Gasteiger partial charge in [-0.25, -0.2) is 0 Å². The van der Waals surface area contributed by atoms with Crippen LogP contribution in [-0.4, -0.2) is 50.4 Å². The van der Waals surface area contributed by atoms with Gasteiger partial charge in [0.25, 0.3) is 5.91 Å². The average molecular weight is 375 g/mol. The predicted molar refractivity (Wildman–Crippen MR) is 88.3 cm³/mol. The third kappa shape index (κ3) is 6.41. The first-order valence-electron chi connectivity index (χ1n) is 6.59. The van der Waals surface area contributed by atoms with Crippen LogP contribution in [0.1, 0.15) is 4.88 Å². The van der Waals surface area contributed by atoms with Crippen LogP contribution in [-0.2, 0) is 16.1 Å². The molecule has 0 aliphatic heterocycles. The summed E-state index contributed by atoms with van der Waals surface area (Å²) in [5, 5.41) is 2.51. The smallest absolute Gasteiger partial charge is 0.277 e. The van der Waals surface area contributed by atoms with Crippen molar-refractivity contribution in [3.63, 3.8) is 0 Å². The molecule has 0 aliphatic rings. The second-order valence-electron chi connectivity index (χ2n) is 4.73. The Labute approximate surface area is 137 Å². The minimum atomic E-state index is -0.168. The zero-order valence-corrected chi connectivity index (χ0v) is 14.7. The van der Waals surface area contributed by atoms with E-state index in [-0.39, 0.29) is 18.4 Å². The third-order valence-electron chi connectivity index (χ3n) is 2.97. The van der Waals surface area contributed by atoms with Gasteiger partial charge in [0.2, 0.25) is 5.91 Å². The summed E-state index contributed by atoms with van der Waals surface area (Å²) in [6.07, 6.45) is 1.81. The zero-order chi connectivity index (χ0) is 15.8. The van der Waals surface area contributed by atoms with Crippen molar-refractivity contribution in [1.29, 1.82) is 0 Å². The lowest BCUT2D eigenvalue weighted by Crippen LogP contribution is -3.11. The molecule has 1 heterocycles. The molecule has 0 aliphatic carbocycles. The maximum atomic E-state index is 12.2. The standard InChI is InChI=1S/C14H20BrN3O2S/c1-4-7-18(8-11-5-6-12(15)21-11)10-14(20)17(3)9-13(19)16-2/h4-6H,1,7-10H2,2-3H3,(H,16,19)/p+1. The van der Waals surface area contributed by atoms with Gasteiger partial charge in [0.1, 0.15) is 6.54 Å². The maximum Gasteiger partial charge on any atom is 0.277 e. The molecule has 0 spiro atoms. The summed E-state index contributed by atoms with van der Waals surface area (Å²) in [4.78, 5) is 27.2. The van der Waals surface area contributed by atoms with Crippen LogP contribution in [0, 0.1) is 0 Å². The van der Waals surface area contributed by atoms with Crippen LogP contribution in [0.3, 0.4) is 0 Å². The van der Waals surface area contributed by atoms with E-state index in [1.54, 1.807) is 25.4 Å². The number of hydrogen-bond donors (Lipinski definition) is 2. The van der Waals surface area contributed by atoms with Crippen molar-refractivity contribution < 1.29 is 14.5 Å². The summed E-state index contributed by atoms with van der Waals surface area (Å²) < 4.78 is 1.08. The minimum Gasteiger partial charge on any atom is -0.358 e. The van der Waals surface area contributed by atoms with E-state index in [1.165, 1.54) is 9.78 Å². The number of nitrogens with one attached hydrogen (secondary N) is 2. The summed E-state index contributed by atoms with van der Waals surface area (Å²) in [5.74, 6) is -0.218. The Hall–Kier alpha value is -1.18. The van der Waals surface area contributed by atoms with Crippen molar-refractivity contribution >= 4 is 39.1 Å². The molecule has 2 N–H and O–H groups in total. The first kappa shape index (κ1) is 17.9. The van der Waals surface area contributed by atoms with E-state index in [2.05, 4.69) is 33.9 Å². The summed E-state index contributed by atoms with van der Waals surface area (Å²) in [6.45, 7) is 5.64. The maximum absolute atomic E-state index is 12.2. The fraction of sp³-hybridized carbons (Fsp3) is 0.429. The lowest BCUT2D eigenvalue weighted by molar-refractivity contribution is -0.900. The van der Waals surface area contributed by atoms with E-state index in [0.29, 0.717) is 13.1 Å². The molecule has 116 valence electrons. The van der Waals surface area contributed by atoms with Crippen LogP contribution in [0.4, 0.5) is 0 Å². The molecule has 2 amide bonds. The lowest BCUT2D eigenvalue weighted by Gasteiger charge is -2.21. The number of nitrogens with zero attached hydrogens (tertiary/aromatic N) is 1. The molecule has 0 saturated heterocycles. The molecule has 7 heteroatoms. The Balaban J connectivity index is 2.58. The Kier molecular flexibility index (Phi) is 7.63. The van der Waals surface area contributed by atoms with Gasteiger partial charge in [-0.05, 0) is 34.1 Å². The number of carbonyl (C=O) groups excluding carboxylic acids is 2. The summed E-state index contributed by atoms with van der Waals surface area (Å²) in [6, 6.07) is 4.06. The monoisotopic (exact) mass is 374 g/mol. The fourth-order valence-corrected chi connectivity index (χ4v) is 3.39. The minimum absolute atomic E-state index is 0.0499. The molecular weight excluding hydrogens is 354 g/mol. The van der Waals surface area contributed by atoms with Gasteiger partial charge in [-0.15, -0.1) is 11.3 Å². The van der Waals surface area contributed by atoms with E-state index in [0.717, 1.165) is 15.2 Å². The van der Waals surface area contributed by atoms with Gasteiger partial charge in [0, 0.05) is 14.1 Å². The molecule has 1 rings (SSSR count). The number of carbonyl (C=O) groups is 2. The molecule has 1 aromatic rings. The van der Waals surface area contributed by atoms with Crippen molar-refractivity contribution in [3.05, 3.63) is 33.5 Å². The normalized spacial score (nSPS) is 11.8. The van der Waals surface area contributed by atoms with Gasteiger partial charge in [-0.3, -0.25) is 9.59 Å². The van der Waals surface area contributed by atoms with Crippen LogP contribution < -0.4 is 10.2 Å². The number of thiophene rings is 1. The van der Waals surface area contributed by atoms with Crippen molar-refractivity contribution in [3.8, 4) is 0 Å². The predicted octanol–water partition coefficient (Wildman–Crippen LogP) is 0.286. The Bertz CT molecular complexity index is 504.